The van der Waals surface area contributed by atoms with E-state index in [9.17, 15) is 18.0 Å². The largest absolute Gasteiger partial charge is 0.416 e. The van der Waals surface area contributed by atoms with Gasteiger partial charge in [0.05, 0.1) is 22.7 Å². The number of alkyl halides is 3. The number of thioether (sulfide) groups is 1. The lowest BCUT2D eigenvalue weighted by Gasteiger charge is -2.25. The molecule has 1 aliphatic rings. The average Bonchev–Trinajstić information content (AvgIpc) is 3.46. The third kappa shape index (κ3) is 5.53. The zero-order valence-electron chi connectivity index (χ0n) is 17.3. The summed E-state index contributed by atoms with van der Waals surface area (Å²) in [5.41, 5.74) is -0.320. The highest BCUT2D eigenvalue weighted by Crippen LogP contribution is 2.34. The van der Waals surface area contributed by atoms with Gasteiger partial charge in [-0.25, -0.2) is 0 Å². The van der Waals surface area contributed by atoms with Crippen LogP contribution in [0.5, 0.6) is 0 Å². The minimum absolute atomic E-state index is 0.0480. The third-order valence-electron chi connectivity index (χ3n) is 5.44. The van der Waals surface area contributed by atoms with E-state index in [2.05, 4.69) is 20.1 Å². The lowest BCUT2D eigenvalue weighted by atomic mass is 9.95. The van der Waals surface area contributed by atoms with Gasteiger partial charge in [0, 0.05) is 11.7 Å². The maximum absolute atomic E-state index is 13.0. The highest BCUT2D eigenvalue weighted by Gasteiger charge is 2.30. The number of nitrogens with one attached hydrogen (secondary N) is 1. The number of carbonyl (C=O) groups excluding carboxylic acids is 1. The molecule has 1 aromatic carbocycles. The quantitative estimate of drug-likeness (QED) is 0.297. The van der Waals surface area contributed by atoms with Crippen LogP contribution in [0, 0.1) is 0 Å². The van der Waals surface area contributed by atoms with Gasteiger partial charge in [-0.2, -0.15) is 13.2 Å². The van der Waals surface area contributed by atoms with Crippen molar-refractivity contribution in [3.05, 3.63) is 58.0 Å². The fourth-order valence-corrected chi connectivity index (χ4v) is 5.52. The topological polar surface area (TPSA) is 59.8 Å². The number of thiophene rings is 1. The third-order valence-corrected chi connectivity index (χ3v) is 7.30. The van der Waals surface area contributed by atoms with E-state index >= 15 is 0 Å². The molecule has 0 amide bonds. The summed E-state index contributed by atoms with van der Waals surface area (Å²) in [6.07, 6.45) is 1.03. The molecule has 1 saturated carbocycles. The first-order valence-electron chi connectivity index (χ1n) is 10.5. The number of carbonyl (C=O) groups is 1. The second kappa shape index (κ2) is 10.1. The van der Waals surface area contributed by atoms with Crippen molar-refractivity contribution < 1.29 is 18.0 Å². The number of ketones is 1. The second-order valence-electron chi connectivity index (χ2n) is 7.68. The van der Waals surface area contributed by atoms with Gasteiger partial charge in [0.15, 0.2) is 16.8 Å². The smallest absolute Gasteiger partial charge is 0.378 e. The van der Waals surface area contributed by atoms with Crippen molar-refractivity contribution in [2.75, 3.05) is 11.1 Å². The Morgan fingerprint density at radius 1 is 1.16 bits per heavy atom. The van der Waals surface area contributed by atoms with Crippen molar-refractivity contribution in [1.82, 2.24) is 14.8 Å². The molecular weight excluding hydrogens is 457 g/mol. The molecule has 0 saturated heterocycles. The minimum atomic E-state index is -4.39. The number of hydrogen-bond acceptors (Lipinski definition) is 6. The van der Waals surface area contributed by atoms with E-state index in [0.717, 1.165) is 37.8 Å². The van der Waals surface area contributed by atoms with Gasteiger partial charge in [-0.1, -0.05) is 43.2 Å². The summed E-state index contributed by atoms with van der Waals surface area (Å²) in [4.78, 5) is 13.1. The number of nitrogens with zero attached hydrogens (tertiary/aromatic N) is 3. The SMILES string of the molecule is O=C(CSc1nnc(CNc2cccc(C(F)(F)F)c2)n1C1CCCCC1)c1cccs1. The summed E-state index contributed by atoms with van der Waals surface area (Å²) < 4.78 is 41.1. The minimum Gasteiger partial charge on any atom is -0.378 e. The van der Waals surface area contributed by atoms with Crippen LogP contribution in [0.2, 0.25) is 0 Å². The first-order chi connectivity index (χ1) is 15.4. The van der Waals surface area contributed by atoms with Crippen LogP contribution in [0.1, 0.15) is 59.2 Å². The van der Waals surface area contributed by atoms with Crippen LogP contribution in [0.4, 0.5) is 18.9 Å². The number of rotatable bonds is 8. The van der Waals surface area contributed by atoms with Gasteiger partial charge in [0.25, 0.3) is 0 Å². The molecule has 2 heterocycles. The highest BCUT2D eigenvalue weighted by molar-refractivity contribution is 7.99. The van der Waals surface area contributed by atoms with Crippen LogP contribution < -0.4 is 5.32 Å². The van der Waals surface area contributed by atoms with Crippen molar-refractivity contribution in [3.63, 3.8) is 0 Å². The first kappa shape index (κ1) is 22.8. The molecule has 10 heteroatoms. The molecule has 0 bridgehead atoms. The van der Waals surface area contributed by atoms with Crippen molar-refractivity contribution in [2.24, 2.45) is 0 Å². The summed E-state index contributed by atoms with van der Waals surface area (Å²) in [6, 6.07) is 9.03. The number of Topliss-reactive ketones (excluding diaryl/α,β-unsaturated/α-hetero) is 1. The molecule has 1 aliphatic carbocycles. The van der Waals surface area contributed by atoms with Gasteiger partial charge in [-0.3, -0.25) is 4.79 Å². The van der Waals surface area contributed by atoms with Crippen LogP contribution in [-0.4, -0.2) is 26.3 Å². The summed E-state index contributed by atoms with van der Waals surface area (Å²) in [6.45, 7) is 0.254. The van der Waals surface area contributed by atoms with E-state index < -0.39 is 11.7 Å². The van der Waals surface area contributed by atoms with Crippen molar-refractivity contribution in [2.45, 2.75) is 56.0 Å². The van der Waals surface area contributed by atoms with Crippen molar-refractivity contribution >= 4 is 34.6 Å². The molecular formula is C22H23F3N4OS2. The zero-order chi connectivity index (χ0) is 22.6. The van der Waals surface area contributed by atoms with Crippen LogP contribution in [0.25, 0.3) is 0 Å². The van der Waals surface area contributed by atoms with Gasteiger partial charge in [0.1, 0.15) is 0 Å². The van der Waals surface area contributed by atoms with Crippen LogP contribution >= 0.6 is 23.1 Å². The molecule has 2 aromatic heterocycles. The lowest BCUT2D eigenvalue weighted by molar-refractivity contribution is -0.137. The predicted octanol–water partition coefficient (Wildman–Crippen LogP) is 6.45. The molecule has 0 unspecified atom stereocenters. The summed E-state index contributed by atoms with van der Waals surface area (Å²) in [5.74, 6) is 0.985. The normalized spacial score (nSPS) is 15.1. The fourth-order valence-electron chi connectivity index (χ4n) is 3.86. The maximum atomic E-state index is 13.0. The van der Waals surface area contributed by atoms with Crippen LogP contribution in [-0.2, 0) is 12.7 Å². The molecule has 5 nitrogen and oxygen atoms in total. The molecule has 0 spiro atoms. The standard InChI is InChI=1S/C22H23F3N4OS2/c23-22(24,25)15-6-4-7-16(12-15)26-13-20-27-28-21(29(20)17-8-2-1-3-9-17)32-14-18(30)19-10-5-11-31-19/h4-7,10-12,17,26H,1-3,8-9,13-14H2. The number of benzene rings is 1. The average molecular weight is 481 g/mol. The van der Waals surface area contributed by atoms with Gasteiger partial charge in [-0.15, -0.1) is 21.5 Å². The van der Waals surface area contributed by atoms with E-state index in [1.54, 1.807) is 6.07 Å². The monoisotopic (exact) mass is 480 g/mol. The molecule has 0 radical (unpaired) electrons. The van der Waals surface area contributed by atoms with Crippen molar-refractivity contribution in [3.8, 4) is 0 Å². The Morgan fingerprint density at radius 2 is 1.97 bits per heavy atom. The molecule has 0 aliphatic heterocycles. The number of halogens is 3. The maximum Gasteiger partial charge on any atom is 0.416 e. The molecule has 32 heavy (non-hydrogen) atoms. The zero-order valence-corrected chi connectivity index (χ0v) is 18.9. The van der Waals surface area contributed by atoms with E-state index in [1.165, 1.54) is 35.6 Å². The Hall–Kier alpha value is -2.33. The molecule has 1 fully saturated rings. The Kier molecular flexibility index (Phi) is 7.20. The lowest BCUT2D eigenvalue weighted by Crippen LogP contribution is -2.18. The van der Waals surface area contributed by atoms with E-state index in [-0.39, 0.29) is 24.1 Å². The van der Waals surface area contributed by atoms with Gasteiger partial charge in [-0.05, 0) is 42.5 Å². The fraction of sp³-hybridized carbons (Fsp3) is 0.409. The summed E-state index contributed by atoms with van der Waals surface area (Å²) in [5, 5.41) is 14.3. The molecule has 1 N–H and O–H groups in total. The predicted molar refractivity (Wildman–Crippen MR) is 120 cm³/mol. The Bertz CT molecular complexity index is 1040. The van der Waals surface area contributed by atoms with Crippen LogP contribution in [0.15, 0.2) is 46.9 Å². The molecule has 3 aromatic rings. The molecule has 0 atom stereocenters. The first-order valence-corrected chi connectivity index (χ1v) is 12.3. The van der Waals surface area contributed by atoms with Gasteiger partial charge >= 0.3 is 6.18 Å². The van der Waals surface area contributed by atoms with E-state index in [1.807, 2.05) is 17.5 Å². The number of anilines is 1. The summed E-state index contributed by atoms with van der Waals surface area (Å²) >= 11 is 2.78. The summed E-state index contributed by atoms with van der Waals surface area (Å²) in [7, 11) is 0. The number of aromatic nitrogens is 3. The van der Waals surface area contributed by atoms with Gasteiger partial charge in [0.2, 0.25) is 0 Å². The number of hydrogen-bond donors (Lipinski definition) is 1. The Morgan fingerprint density at radius 3 is 2.69 bits per heavy atom. The van der Waals surface area contributed by atoms with E-state index in [0.29, 0.717) is 21.5 Å². The second-order valence-corrected chi connectivity index (χ2v) is 9.57. The van der Waals surface area contributed by atoms with E-state index in [4.69, 9.17) is 0 Å². The van der Waals surface area contributed by atoms with Crippen molar-refractivity contribution in [1.29, 1.82) is 0 Å². The molecule has 4 rings (SSSR count). The highest BCUT2D eigenvalue weighted by atomic mass is 32.2. The Labute approximate surface area is 192 Å². The van der Waals surface area contributed by atoms with Crippen LogP contribution in [0.3, 0.4) is 0 Å². The van der Waals surface area contributed by atoms with Gasteiger partial charge < -0.3 is 9.88 Å². The molecule has 170 valence electrons. The Balaban J connectivity index is 1.50.